The molecule has 0 bridgehead atoms. The molecule has 1 aromatic rings. The number of anilines is 1. The Labute approximate surface area is 154 Å². The van der Waals surface area contributed by atoms with E-state index in [9.17, 15) is 14.0 Å². The van der Waals surface area contributed by atoms with E-state index in [0.29, 0.717) is 62.4 Å². The van der Waals surface area contributed by atoms with Gasteiger partial charge in [-0.15, -0.1) is 0 Å². The van der Waals surface area contributed by atoms with E-state index >= 15 is 0 Å². The van der Waals surface area contributed by atoms with Gasteiger partial charge in [0.15, 0.2) is 0 Å². The van der Waals surface area contributed by atoms with Crippen LogP contribution in [0.1, 0.15) is 12.8 Å². The van der Waals surface area contributed by atoms with Gasteiger partial charge in [0.05, 0.1) is 18.9 Å². The van der Waals surface area contributed by atoms with Crippen molar-refractivity contribution in [3.63, 3.8) is 0 Å². The van der Waals surface area contributed by atoms with Crippen molar-refractivity contribution in [2.24, 2.45) is 5.92 Å². The number of likely N-dealkylation sites (tertiary alicyclic amines) is 1. The number of benzene rings is 1. The highest BCUT2D eigenvalue weighted by Gasteiger charge is 2.31. The van der Waals surface area contributed by atoms with E-state index in [0.717, 1.165) is 0 Å². The minimum atomic E-state index is -0.368. The van der Waals surface area contributed by atoms with Crippen molar-refractivity contribution in [1.82, 2.24) is 9.80 Å². The number of rotatable bonds is 2. The molecule has 2 saturated heterocycles. The van der Waals surface area contributed by atoms with Gasteiger partial charge < -0.3 is 19.9 Å². The first kappa shape index (κ1) is 18.1. The van der Waals surface area contributed by atoms with E-state index in [1.165, 1.54) is 18.2 Å². The lowest BCUT2D eigenvalue weighted by atomic mass is 9.95. The van der Waals surface area contributed by atoms with Gasteiger partial charge in [-0.25, -0.2) is 9.18 Å². The van der Waals surface area contributed by atoms with Gasteiger partial charge in [0.25, 0.3) is 0 Å². The second-order valence-corrected chi connectivity index (χ2v) is 7.11. The van der Waals surface area contributed by atoms with Crippen molar-refractivity contribution < 1.29 is 18.7 Å². The molecule has 0 aromatic heterocycles. The Morgan fingerprint density at radius 2 is 1.80 bits per heavy atom. The lowest BCUT2D eigenvalue weighted by Crippen LogP contribution is -2.48. The Morgan fingerprint density at radius 1 is 1.12 bits per heavy atom. The van der Waals surface area contributed by atoms with Crippen LogP contribution in [0.3, 0.4) is 0 Å². The predicted octanol–water partition coefficient (Wildman–Crippen LogP) is 2.69. The van der Waals surface area contributed by atoms with Crippen molar-refractivity contribution in [3.05, 3.63) is 28.5 Å². The van der Waals surface area contributed by atoms with Gasteiger partial charge in [-0.05, 0) is 47.0 Å². The Balaban J connectivity index is 1.51. The molecule has 2 heterocycles. The lowest BCUT2D eigenvalue weighted by molar-refractivity contribution is -0.140. The van der Waals surface area contributed by atoms with Crippen molar-refractivity contribution in [3.8, 4) is 0 Å². The van der Waals surface area contributed by atoms with Crippen LogP contribution in [0, 0.1) is 11.7 Å². The van der Waals surface area contributed by atoms with Gasteiger partial charge in [0, 0.05) is 36.6 Å². The summed E-state index contributed by atoms with van der Waals surface area (Å²) in [5.41, 5.74) is 0.526. The van der Waals surface area contributed by atoms with Crippen LogP contribution in [-0.4, -0.2) is 61.1 Å². The zero-order chi connectivity index (χ0) is 17.8. The van der Waals surface area contributed by atoms with Gasteiger partial charge in [0.1, 0.15) is 5.82 Å². The number of morpholine rings is 1. The maximum atomic E-state index is 13.1. The predicted molar refractivity (Wildman–Crippen MR) is 94.8 cm³/mol. The van der Waals surface area contributed by atoms with E-state index in [1.807, 2.05) is 4.90 Å². The molecule has 0 radical (unpaired) electrons. The zero-order valence-corrected chi connectivity index (χ0v) is 15.4. The summed E-state index contributed by atoms with van der Waals surface area (Å²) in [6.07, 6.45) is 1.32. The van der Waals surface area contributed by atoms with Crippen LogP contribution < -0.4 is 5.32 Å². The smallest absolute Gasteiger partial charge is 0.321 e. The van der Waals surface area contributed by atoms with E-state index in [1.54, 1.807) is 4.90 Å². The number of hydrogen-bond donors (Lipinski definition) is 1. The van der Waals surface area contributed by atoms with E-state index < -0.39 is 0 Å². The quantitative estimate of drug-likeness (QED) is 0.810. The molecule has 0 atom stereocenters. The molecule has 136 valence electrons. The normalized spacial score (nSPS) is 19.0. The summed E-state index contributed by atoms with van der Waals surface area (Å²) in [7, 11) is 0. The SMILES string of the molecule is O=C(Nc1ccc(F)cc1Br)N1CCC(C(=O)N2CCOCC2)CC1. The van der Waals surface area contributed by atoms with Gasteiger partial charge in [0.2, 0.25) is 5.91 Å². The molecule has 2 fully saturated rings. The fourth-order valence-corrected chi connectivity index (χ4v) is 3.61. The highest BCUT2D eigenvalue weighted by atomic mass is 79.9. The number of urea groups is 1. The van der Waals surface area contributed by atoms with Crippen LogP contribution >= 0.6 is 15.9 Å². The van der Waals surface area contributed by atoms with E-state index in [4.69, 9.17) is 4.74 Å². The third-order valence-electron chi connectivity index (χ3n) is 4.63. The number of hydrogen-bond acceptors (Lipinski definition) is 3. The van der Waals surface area contributed by atoms with Crippen LogP contribution in [0.2, 0.25) is 0 Å². The summed E-state index contributed by atoms with van der Waals surface area (Å²) in [6, 6.07) is 3.90. The van der Waals surface area contributed by atoms with E-state index in [2.05, 4.69) is 21.2 Å². The molecule has 3 rings (SSSR count). The van der Waals surface area contributed by atoms with Gasteiger partial charge in [-0.1, -0.05) is 0 Å². The Hall–Kier alpha value is -1.67. The van der Waals surface area contributed by atoms with Crippen molar-refractivity contribution in [2.45, 2.75) is 12.8 Å². The minimum absolute atomic E-state index is 0.0280. The molecule has 8 heteroatoms. The van der Waals surface area contributed by atoms with Crippen LogP contribution in [0.25, 0.3) is 0 Å². The van der Waals surface area contributed by atoms with Gasteiger partial charge in [-0.3, -0.25) is 4.79 Å². The topological polar surface area (TPSA) is 61.9 Å². The number of nitrogens with one attached hydrogen (secondary N) is 1. The first-order chi connectivity index (χ1) is 12.0. The Morgan fingerprint density at radius 3 is 2.44 bits per heavy atom. The third-order valence-corrected chi connectivity index (χ3v) is 5.28. The van der Waals surface area contributed by atoms with Crippen molar-refractivity contribution >= 4 is 33.6 Å². The first-order valence-corrected chi connectivity index (χ1v) is 9.21. The molecular formula is C17H21BrFN3O3. The molecule has 0 unspecified atom stereocenters. The number of halogens is 2. The Kier molecular flexibility index (Phi) is 5.90. The van der Waals surface area contributed by atoms with E-state index in [-0.39, 0.29) is 23.7 Å². The molecule has 2 aliphatic heterocycles. The molecule has 6 nitrogen and oxygen atoms in total. The molecule has 0 aliphatic carbocycles. The highest BCUT2D eigenvalue weighted by Crippen LogP contribution is 2.25. The number of carbonyl (C=O) groups is 2. The fraction of sp³-hybridized carbons (Fsp3) is 0.529. The monoisotopic (exact) mass is 413 g/mol. The van der Waals surface area contributed by atoms with Crippen molar-refractivity contribution in [1.29, 1.82) is 0 Å². The number of nitrogens with zero attached hydrogens (tertiary/aromatic N) is 2. The van der Waals surface area contributed by atoms with Crippen LogP contribution in [0.4, 0.5) is 14.9 Å². The maximum absolute atomic E-state index is 13.1. The molecule has 1 aromatic carbocycles. The zero-order valence-electron chi connectivity index (χ0n) is 13.8. The average Bonchev–Trinajstić information content (AvgIpc) is 2.64. The number of amides is 3. The minimum Gasteiger partial charge on any atom is -0.378 e. The van der Waals surface area contributed by atoms with Crippen LogP contribution in [0.15, 0.2) is 22.7 Å². The summed E-state index contributed by atoms with van der Waals surface area (Å²) in [6.45, 7) is 3.56. The Bertz CT molecular complexity index is 644. The number of ether oxygens (including phenoxy) is 1. The van der Waals surface area contributed by atoms with Crippen LogP contribution in [-0.2, 0) is 9.53 Å². The number of carbonyl (C=O) groups excluding carboxylic acids is 2. The molecule has 2 aliphatic rings. The van der Waals surface area contributed by atoms with Gasteiger partial charge >= 0.3 is 6.03 Å². The summed E-state index contributed by atoms with van der Waals surface area (Å²) in [5.74, 6) is -0.225. The number of piperidine rings is 1. The fourth-order valence-electron chi connectivity index (χ4n) is 3.16. The average molecular weight is 414 g/mol. The molecule has 1 N–H and O–H groups in total. The summed E-state index contributed by atoms with van der Waals surface area (Å²) >= 11 is 3.24. The second kappa shape index (κ2) is 8.14. The molecule has 25 heavy (non-hydrogen) atoms. The second-order valence-electron chi connectivity index (χ2n) is 6.25. The maximum Gasteiger partial charge on any atom is 0.321 e. The third kappa shape index (κ3) is 4.49. The first-order valence-electron chi connectivity index (χ1n) is 8.42. The van der Waals surface area contributed by atoms with Crippen LogP contribution in [0.5, 0.6) is 0 Å². The molecule has 0 saturated carbocycles. The lowest BCUT2D eigenvalue weighted by Gasteiger charge is -2.35. The summed E-state index contributed by atoms with van der Waals surface area (Å²) in [4.78, 5) is 28.4. The van der Waals surface area contributed by atoms with Gasteiger partial charge in [-0.2, -0.15) is 0 Å². The summed E-state index contributed by atoms with van der Waals surface area (Å²) in [5, 5.41) is 2.78. The largest absolute Gasteiger partial charge is 0.378 e. The molecule has 3 amide bonds. The standard InChI is InChI=1S/C17H21BrFN3O3/c18-14-11-13(19)1-2-15(14)20-17(24)22-5-3-12(4-6-22)16(23)21-7-9-25-10-8-21/h1-2,11-12H,3-10H2,(H,20,24). The van der Waals surface area contributed by atoms with Crippen molar-refractivity contribution in [2.75, 3.05) is 44.7 Å². The molecule has 0 spiro atoms. The molecular weight excluding hydrogens is 393 g/mol. The highest BCUT2D eigenvalue weighted by molar-refractivity contribution is 9.10. The summed E-state index contributed by atoms with van der Waals surface area (Å²) < 4.78 is 18.9.